The van der Waals surface area contributed by atoms with Crippen molar-refractivity contribution in [3.8, 4) is 5.75 Å². The molecule has 1 heterocycles. The van der Waals surface area contributed by atoms with Gasteiger partial charge in [-0.05, 0) is 38.3 Å². The Morgan fingerprint density at radius 1 is 1.39 bits per heavy atom. The van der Waals surface area contributed by atoms with Crippen LogP contribution in [0.5, 0.6) is 5.75 Å². The monoisotopic (exact) mass is 242 g/mol. The van der Waals surface area contributed by atoms with Crippen molar-refractivity contribution in [2.45, 2.75) is 32.2 Å². The molecule has 1 aliphatic carbocycles. The smallest absolute Gasteiger partial charge is 0.235 e. The summed E-state index contributed by atoms with van der Waals surface area (Å²) in [5, 5.41) is 11.3. The van der Waals surface area contributed by atoms with Crippen molar-refractivity contribution in [1.82, 2.24) is 4.98 Å². The van der Waals surface area contributed by atoms with Crippen molar-refractivity contribution in [2.75, 3.05) is 0 Å². The van der Waals surface area contributed by atoms with Gasteiger partial charge in [-0.1, -0.05) is 6.07 Å². The quantitative estimate of drug-likeness (QED) is 0.628. The molecule has 92 valence electrons. The van der Waals surface area contributed by atoms with E-state index in [1.807, 2.05) is 26.0 Å². The molecule has 0 radical (unpaired) electrons. The van der Waals surface area contributed by atoms with Crippen LogP contribution in [0.2, 0.25) is 0 Å². The number of carbonyl (C=O) groups excluding carboxylic acids is 1. The first-order valence-corrected chi connectivity index (χ1v) is 5.99. The molecule has 4 nitrogen and oxygen atoms in total. The number of aryl methyl sites for hydroxylation is 2. The molecule has 18 heavy (non-hydrogen) atoms. The Labute approximate surface area is 104 Å². The summed E-state index contributed by atoms with van der Waals surface area (Å²) in [5.74, 6) is 0.242. The van der Waals surface area contributed by atoms with Crippen LogP contribution in [0.1, 0.15) is 29.7 Å². The minimum Gasteiger partial charge on any atom is -0.507 e. The topological polar surface area (TPSA) is 65.5 Å². The van der Waals surface area contributed by atoms with Crippen LogP contribution in [0, 0.1) is 13.8 Å². The van der Waals surface area contributed by atoms with E-state index in [1.54, 1.807) is 6.08 Å². The summed E-state index contributed by atoms with van der Waals surface area (Å²) in [5.41, 5.74) is 3.20. The molecular weight excluding hydrogens is 228 g/mol. The van der Waals surface area contributed by atoms with Gasteiger partial charge in [0.05, 0.1) is 0 Å². The average Bonchev–Trinajstić information content (AvgIpc) is 3.03. The van der Waals surface area contributed by atoms with Crippen molar-refractivity contribution in [2.24, 2.45) is 4.99 Å². The Morgan fingerprint density at radius 3 is 2.72 bits per heavy atom. The van der Waals surface area contributed by atoms with Crippen molar-refractivity contribution < 1.29 is 9.90 Å². The van der Waals surface area contributed by atoms with Crippen molar-refractivity contribution in [3.05, 3.63) is 29.0 Å². The van der Waals surface area contributed by atoms with Crippen LogP contribution < -0.4 is 0 Å². The lowest BCUT2D eigenvalue weighted by Gasteiger charge is -2.11. The summed E-state index contributed by atoms with van der Waals surface area (Å²) in [7, 11) is 0. The molecule has 0 amide bonds. The number of isocyanates is 1. The molecule has 0 spiro atoms. The molecular formula is C14H14N2O2. The van der Waals surface area contributed by atoms with E-state index in [2.05, 4.69) is 9.98 Å². The Kier molecular flexibility index (Phi) is 2.13. The highest BCUT2D eigenvalue weighted by molar-refractivity contribution is 5.91. The molecule has 0 saturated heterocycles. The van der Waals surface area contributed by atoms with E-state index in [0.29, 0.717) is 0 Å². The van der Waals surface area contributed by atoms with Gasteiger partial charge in [0.25, 0.3) is 0 Å². The van der Waals surface area contributed by atoms with Gasteiger partial charge in [0.15, 0.2) is 0 Å². The molecule has 2 N–H and O–H groups in total. The van der Waals surface area contributed by atoms with Gasteiger partial charge in [0.1, 0.15) is 11.3 Å². The fourth-order valence-corrected chi connectivity index (χ4v) is 2.58. The number of H-pyrrole nitrogens is 1. The van der Waals surface area contributed by atoms with Crippen LogP contribution in [0.25, 0.3) is 10.9 Å². The van der Waals surface area contributed by atoms with Crippen LogP contribution in [0.4, 0.5) is 0 Å². The summed E-state index contributed by atoms with van der Waals surface area (Å²) in [6.45, 7) is 3.95. The molecule has 0 atom stereocenters. The van der Waals surface area contributed by atoms with Gasteiger partial charge in [0, 0.05) is 22.2 Å². The third-order valence-electron chi connectivity index (χ3n) is 3.92. The van der Waals surface area contributed by atoms with Crippen molar-refractivity contribution in [1.29, 1.82) is 0 Å². The summed E-state index contributed by atoms with van der Waals surface area (Å²) in [6, 6.07) is 3.78. The number of aromatic amines is 1. The zero-order chi connectivity index (χ0) is 12.9. The Balaban J connectivity index is 2.30. The molecule has 1 aromatic heterocycles. The molecule has 1 saturated carbocycles. The van der Waals surface area contributed by atoms with E-state index in [1.165, 1.54) is 0 Å². The number of aliphatic imine (C=N–C) groups is 1. The van der Waals surface area contributed by atoms with Crippen LogP contribution in [0.3, 0.4) is 0 Å². The SMILES string of the molecule is Cc1[nH]c2ccc(C3(N=C=O)CC3)c(O)c2c1C. The first-order chi connectivity index (χ1) is 8.59. The maximum atomic E-state index is 10.5. The van der Waals surface area contributed by atoms with E-state index in [0.717, 1.165) is 40.6 Å². The Morgan fingerprint density at radius 2 is 2.11 bits per heavy atom. The molecule has 1 aliphatic rings. The van der Waals surface area contributed by atoms with Gasteiger partial charge >= 0.3 is 0 Å². The third kappa shape index (κ3) is 1.33. The standard InChI is InChI=1S/C14H14N2O2/c1-8-9(2)16-11-4-3-10(13(18)12(8)11)14(5-6-14)15-7-17/h3-4,16,18H,5-6H2,1-2H3. The van der Waals surface area contributed by atoms with E-state index < -0.39 is 5.54 Å². The molecule has 4 heteroatoms. The Bertz CT molecular complexity index is 689. The summed E-state index contributed by atoms with van der Waals surface area (Å²) < 4.78 is 0. The Hall–Kier alpha value is -2.06. The highest BCUT2D eigenvalue weighted by atomic mass is 16.3. The summed E-state index contributed by atoms with van der Waals surface area (Å²) in [6.07, 6.45) is 3.21. The number of hydrogen-bond acceptors (Lipinski definition) is 3. The second kappa shape index (κ2) is 3.47. The lowest BCUT2D eigenvalue weighted by Crippen LogP contribution is -2.02. The number of rotatable bonds is 2. The van der Waals surface area contributed by atoms with Gasteiger partial charge < -0.3 is 10.1 Å². The largest absolute Gasteiger partial charge is 0.507 e. The molecule has 0 bridgehead atoms. The number of phenolic OH excluding ortho intramolecular Hbond substituents is 1. The number of phenols is 1. The van der Waals surface area contributed by atoms with Gasteiger partial charge in [-0.15, -0.1) is 0 Å². The van der Waals surface area contributed by atoms with Crippen molar-refractivity contribution >= 4 is 17.0 Å². The molecule has 3 rings (SSSR count). The molecule has 2 aromatic rings. The van der Waals surface area contributed by atoms with E-state index in [-0.39, 0.29) is 5.75 Å². The number of nitrogens with zero attached hydrogens (tertiary/aromatic N) is 1. The minimum atomic E-state index is -0.530. The van der Waals surface area contributed by atoms with E-state index >= 15 is 0 Å². The first kappa shape index (κ1) is 11.1. The normalized spacial score (nSPS) is 16.6. The van der Waals surface area contributed by atoms with E-state index in [4.69, 9.17) is 0 Å². The van der Waals surface area contributed by atoms with E-state index in [9.17, 15) is 9.90 Å². The lowest BCUT2D eigenvalue weighted by atomic mass is 10.00. The zero-order valence-corrected chi connectivity index (χ0v) is 10.4. The van der Waals surface area contributed by atoms with Crippen LogP contribution in [-0.4, -0.2) is 16.2 Å². The number of nitrogens with one attached hydrogen (secondary N) is 1. The number of aromatic nitrogens is 1. The highest BCUT2D eigenvalue weighted by Gasteiger charge is 2.47. The first-order valence-electron chi connectivity index (χ1n) is 5.99. The van der Waals surface area contributed by atoms with Crippen LogP contribution in [0.15, 0.2) is 17.1 Å². The van der Waals surface area contributed by atoms with Crippen LogP contribution in [-0.2, 0) is 10.3 Å². The van der Waals surface area contributed by atoms with Crippen molar-refractivity contribution in [3.63, 3.8) is 0 Å². The molecule has 1 fully saturated rings. The minimum absolute atomic E-state index is 0.242. The summed E-state index contributed by atoms with van der Waals surface area (Å²) in [4.78, 5) is 17.6. The summed E-state index contributed by atoms with van der Waals surface area (Å²) >= 11 is 0. The zero-order valence-electron chi connectivity index (χ0n) is 10.4. The maximum Gasteiger partial charge on any atom is 0.235 e. The number of hydrogen-bond donors (Lipinski definition) is 2. The number of aromatic hydroxyl groups is 1. The predicted octanol–water partition coefficient (Wildman–Crippen LogP) is 2.82. The lowest BCUT2D eigenvalue weighted by molar-refractivity contribution is 0.465. The fraction of sp³-hybridized carbons (Fsp3) is 0.357. The molecule has 1 aromatic carbocycles. The van der Waals surface area contributed by atoms with Gasteiger partial charge in [-0.25, -0.2) is 4.79 Å². The highest BCUT2D eigenvalue weighted by Crippen LogP contribution is 2.53. The fourth-order valence-electron chi connectivity index (χ4n) is 2.58. The maximum absolute atomic E-state index is 10.5. The van der Waals surface area contributed by atoms with Gasteiger partial charge in [-0.3, -0.25) is 0 Å². The van der Waals surface area contributed by atoms with Gasteiger partial charge in [0.2, 0.25) is 6.08 Å². The second-order valence-corrected chi connectivity index (χ2v) is 4.99. The third-order valence-corrected chi connectivity index (χ3v) is 3.92. The van der Waals surface area contributed by atoms with Crippen LogP contribution >= 0.6 is 0 Å². The predicted molar refractivity (Wildman–Crippen MR) is 68.5 cm³/mol. The van der Waals surface area contributed by atoms with Gasteiger partial charge in [-0.2, -0.15) is 4.99 Å². The molecule has 0 unspecified atom stereocenters. The second-order valence-electron chi connectivity index (χ2n) is 4.99. The average molecular weight is 242 g/mol. The molecule has 0 aliphatic heterocycles. The number of benzene rings is 1. The number of fused-ring (bicyclic) bond motifs is 1.